The molecule has 0 saturated carbocycles. The molecule has 164 valence electrons. The van der Waals surface area contributed by atoms with Crippen LogP contribution in [0.5, 0.6) is 5.75 Å². The Kier molecular flexibility index (Phi) is 5.80. The fourth-order valence-corrected chi connectivity index (χ4v) is 3.55. The first kappa shape index (κ1) is 21.1. The summed E-state index contributed by atoms with van der Waals surface area (Å²) in [6.07, 6.45) is 6.47. The van der Waals surface area contributed by atoms with Crippen LogP contribution in [-0.4, -0.2) is 39.4 Å². The van der Waals surface area contributed by atoms with Crippen LogP contribution in [0.3, 0.4) is 0 Å². The third-order valence-electron chi connectivity index (χ3n) is 4.97. The molecule has 0 unspecified atom stereocenters. The number of fused-ring (bicyclic) bond motifs is 4. The van der Waals surface area contributed by atoms with Crippen molar-refractivity contribution in [3.05, 3.63) is 42.5 Å². The lowest BCUT2D eigenvalue weighted by Gasteiger charge is -2.27. The first-order valence-corrected chi connectivity index (χ1v) is 10.6. The van der Waals surface area contributed by atoms with Crippen molar-refractivity contribution in [3.8, 4) is 16.9 Å². The number of nitrogens with zero attached hydrogens (tertiary/aromatic N) is 4. The summed E-state index contributed by atoms with van der Waals surface area (Å²) in [5.41, 5.74) is 1.19. The Balaban J connectivity index is 1.80. The number of carbonyl (C=O) groups excluding carboxylic acids is 1. The van der Waals surface area contributed by atoms with Gasteiger partial charge in [-0.2, -0.15) is 5.10 Å². The van der Waals surface area contributed by atoms with E-state index in [-0.39, 0.29) is 5.82 Å². The fourth-order valence-electron chi connectivity index (χ4n) is 3.55. The van der Waals surface area contributed by atoms with Gasteiger partial charge in [-0.05, 0) is 57.4 Å². The van der Waals surface area contributed by atoms with Crippen molar-refractivity contribution >= 4 is 17.6 Å². The van der Waals surface area contributed by atoms with Crippen molar-refractivity contribution in [2.75, 3.05) is 18.1 Å². The highest BCUT2D eigenvalue weighted by molar-refractivity contribution is 5.87. The molecule has 1 aliphatic heterocycles. The van der Waals surface area contributed by atoms with Crippen LogP contribution in [0.4, 0.5) is 15.0 Å². The minimum absolute atomic E-state index is 0.386. The molecule has 0 atom stereocenters. The molecule has 0 N–H and O–H groups in total. The molecule has 2 aromatic heterocycles. The Bertz CT molecular complexity index is 1090. The van der Waals surface area contributed by atoms with E-state index in [1.807, 2.05) is 20.8 Å². The van der Waals surface area contributed by atoms with Crippen LogP contribution in [0.25, 0.3) is 16.8 Å². The first-order valence-electron chi connectivity index (χ1n) is 10.6. The largest absolute Gasteiger partial charge is 0.493 e. The molecule has 7 nitrogen and oxygen atoms in total. The minimum Gasteiger partial charge on any atom is -0.493 e. The number of amides is 1. The van der Waals surface area contributed by atoms with Crippen LogP contribution < -0.4 is 9.64 Å². The molecule has 0 aliphatic carbocycles. The third-order valence-corrected chi connectivity index (χ3v) is 4.97. The number of aromatic nitrogens is 3. The monoisotopic (exact) mass is 426 g/mol. The first-order chi connectivity index (χ1) is 14.8. The molecule has 0 radical (unpaired) electrons. The molecule has 1 amide bonds. The van der Waals surface area contributed by atoms with Gasteiger partial charge in [0.2, 0.25) is 0 Å². The minimum atomic E-state index is -0.616. The SMILES string of the molecule is CC(C)(C)OC(=O)N1CCCCCCOc2cc(F)cc(c2)-c2cnn3ccc1nc23. The van der Waals surface area contributed by atoms with Gasteiger partial charge in [-0.1, -0.05) is 12.8 Å². The molecule has 0 saturated heterocycles. The van der Waals surface area contributed by atoms with Crippen molar-refractivity contribution in [3.63, 3.8) is 0 Å². The smallest absolute Gasteiger partial charge is 0.416 e. The van der Waals surface area contributed by atoms with Gasteiger partial charge in [0, 0.05) is 24.4 Å². The summed E-state index contributed by atoms with van der Waals surface area (Å²) in [6, 6.07) is 6.35. The number of halogens is 1. The molecular weight excluding hydrogens is 399 g/mol. The summed E-state index contributed by atoms with van der Waals surface area (Å²) in [5, 5.41) is 4.33. The number of hydrogen-bond acceptors (Lipinski definition) is 5. The van der Waals surface area contributed by atoms with E-state index in [2.05, 4.69) is 5.10 Å². The topological polar surface area (TPSA) is 69.0 Å². The third kappa shape index (κ3) is 4.95. The van der Waals surface area contributed by atoms with Gasteiger partial charge < -0.3 is 9.47 Å². The van der Waals surface area contributed by atoms with Gasteiger partial charge in [0.05, 0.1) is 12.8 Å². The van der Waals surface area contributed by atoms with Gasteiger partial charge in [-0.3, -0.25) is 4.90 Å². The molecule has 8 heteroatoms. The zero-order valence-corrected chi connectivity index (χ0v) is 18.1. The highest BCUT2D eigenvalue weighted by atomic mass is 19.1. The summed E-state index contributed by atoms with van der Waals surface area (Å²) >= 11 is 0. The average Bonchev–Trinajstić information content (AvgIpc) is 3.11. The summed E-state index contributed by atoms with van der Waals surface area (Å²) in [4.78, 5) is 19.2. The second-order valence-corrected chi connectivity index (χ2v) is 8.68. The Labute approximate surface area is 180 Å². The van der Waals surface area contributed by atoms with Crippen LogP contribution in [0.1, 0.15) is 46.5 Å². The van der Waals surface area contributed by atoms with Crippen molar-refractivity contribution in [2.24, 2.45) is 0 Å². The maximum Gasteiger partial charge on any atom is 0.416 e. The lowest BCUT2D eigenvalue weighted by atomic mass is 10.1. The zero-order valence-electron chi connectivity index (χ0n) is 18.1. The van der Waals surface area contributed by atoms with Crippen molar-refractivity contribution < 1.29 is 18.7 Å². The van der Waals surface area contributed by atoms with Gasteiger partial charge in [-0.25, -0.2) is 18.7 Å². The van der Waals surface area contributed by atoms with E-state index in [9.17, 15) is 9.18 Å². The predicted molar refractivity (Wildman–Crippen MR) is 116 cm³/mol. The second-order valence-electron chi connectivity index (χ2n) is 8.68. The molecule has 0 fully saturated rings. The lowest BCUT2D eigenvalue weighted by molar-refractivity contribution is 0.0578. The number of ether oxygens (including phenoxy) is 2. The summed E-state index contributed by atoms with van der Waals surface area (Å²) < 4.78 is 27.3. The quantitative estimate of drug-likeness (QED) is 0.492. The van der Waals surface area contributed by atoms with E-state index < -0.39 is 11.7 Å². The summed E-state index contributed by atoms with van der Waals surface area (Å²) in [5.74, 6) is 0.574. The number of benzene rings is 1. The molecule has 4 rings (SSSR count). The number of carbonyl (C=O) groups is 1. The van der Waals surface area contributed by atoms with Crippen molar-refractivity contribution in [1.29, 1.82) is 0 Å². The van der Waals surface area contributed by atoms with Crippen LogP contribution in [0, 0.1) is 5.82 Å². The molecule has 0 spiro atoms. The molecule has 31 heavy (non-hydrogen) atoms. The van der Waals surface area contributed by atoms with Crippen LogP contribution in [0.2, 0.25) is 0 Å². The molecule has 1 aliphatic rings. The highest BCUT2D eigenvalue weighted by Gasteiger charge is 2.25. The fraction of sp³-hybridized carbons (Fsp3) is 0.435. The molecule has 4 bridgehead atoms. The number of rotatable bonds is 0. The van der Waals surface area contributed by atoms with Crippen LogP contribution >= 0.6 is 0 Å². The van der Waals surface area contributed by atoms with E-state index >= 15 is 0 Å². The molecule has 1 aromatic carbocycles. The van der Waals surface area contributed by atoms with E-state index in [0.717, 1.165) is 25.7 Å². The normalized spacial score (nSPS) is 15.3. The average molecular weight is 426 g/mol. The molecule has 3 heterocycles. The predicted octanol–water partition coefficient (Wildman–Crippen LogP) is 5.23. The maximum atomic E-state index is 14.3. The Morgan fingerprint density at radius 2 is 1.97 bits per heavy atom. The molecular formula is C23H27FN4O3. The summed E-state index contributed by atoms with van der Waals surface area (Å²) in [6.45, 7) is 6.52. The zero-order chi connectivity index (χ0) is 22.0. The standard InChI is InChI=1S/C23H27FN4O3/c1-23(2,3)31-22(29)27-9-6-4-5-7-11-30-18-13-16(12-17(24)14-18)19-15-25-28-10-8-20(27)26-21(19)28/h8,10,12-15H,4-7,9,11H2,1-3H3. The highest BCUT2D eigenvalue weighted by Crippen LogP contribution is 2.30. The van der Waals surface area contributed by atoms with E-state index in [1.165, 1.54) is 12.1 Å². The van der Waals surface area contributed by atoms with Crippen molar-refractivity contribution in [1.82, 2.24) is 14.6 Å². The van der Waals surface area contributed by atoms with Gasteiger partial charge >= 0.3 is 6.09 Å². The van der Waals surface area contributed by atoms with E-state index in [1.54, 1.807) is 33.9 Å². The summed E-state index contributed by atoms with van der Waals surface area (Å²) in [7, 11) is 0. The number of hydrogen-bond donors (Lipinski definition) is 0. The maximum absolute atomic E-state index is 14.3. The second kappa shape index (κ2) is 8.53. The van der Waals surface area contributed by atoms with Crippen molar-refractivity contribution in [2.45, 2.75) is 52.1 Å². The molecule has 3 aromatic rings. The Morgan fingerprint density at radius 1 is 1.16 bits per heavy atom. The van der Waals surface area contributed by atoms with Crippen LogP contribution in [-0.2, 0) is 4.74 Å². The van der Waals surface area contributed by atoms with Gasteiger partial charge in [-0.15, -0.1) is 0 Å². The Hall–Kier alpha value is -3.16. The Morgan fingerprint density at radius 3 is 2.77 bits per heavy atom. The van der Waals surface area contributed by atoms with E-state index in [4.69, 9.17) is 14.5 Å². The van der Waals surface area contributed by atoms with Gasteiger partial charge in [0.15, 0.2) is 5.65 Å². The van der Waals surface area contributed by atoms with E-state index in [0.29, 0.717) is 41.5 Å². The lowest BCUT2D eigenvalue weighted by Crippen LogP contribution is -2.38. The van der Waals surface area contributed by atoms with Crippen LogP contribution in [0.15, 0.2) is 36.7 Å². The van der Waals surface area contributed by atoms with Gasteiger partial charge in [0.25, 0.3) is 0 Å². The van der Waals surface area contributed by atoms with Gasteiger partial charge in [0.1, 0.15) is 23.0 Å². The number of anilines is 1.